The Labute approximate surface area is 142 Å². The summed E-state index contributed by atoms with van der Waals surface area (Å²) in [5.41, 5.74) is 7.24. The Morgan fingerprint density at radius 1 is 1.29 bits per heavy atom. The molecule has 3 rings (SSSR count). The molecule has 2 amide bonds. The van der Waals surface area contributed by atoms with Gasteiger partial charge >= 0.3 is 0 Å². The second kappa shape index (κ2) is 6.67. The minimum atomic E-state index is -0.310. The zero-order valence-corrected chi connectivity index (χ0v) is 14.4. The van der Waals surface area contributed by atoms with Crippen molar-refractivity contribution in [2.75, 3.05) is 13.1 Å². The zero-order chi connectivity index (χ0) is 17.3. The minimum Gasteiger partial charge on any atom is -0.369 e. The average molecular weight is 327 g/mol. The molecule has 1 aliphatic heterocycles. The number of fused-ring (bicyclic) bond motifs is 1. The van der Waals surface area contributed by atoms with Crippen LogP contribution in [0.5, 0.6) is 0 Å². The number of carbonyl (C=O) groups excluding carboxylic acids is 2. The van der Waals surface area contributed by atoms with E-state index < -0.39 is 0 Å². The maximum Gasteiger partial charge on any atom is 0.256 e. The van der Waals surface area contributed by atoms with Crippen LogP contribution in [0.15, 0.2) is 30.5 Å². The number of primary amides is 1. The molecule has 1 fully saturated rings. The van der Waals surface area contributed by atoms with Crippen molar-refractivity contribution in [3.8, 4) is 0 Å². The van der Waals surface area contributed by atoms with E-state index in [0.717, 1.165) is 35.9 Å². The summed E-state index contributed by atoms with van der Waals surface area (Å²) in [6.45, 7) is 6.32. The van der Waals surface area contributed by atoms with Crippen molar-refractivity contribution in [1.82, 2.24) is 9.47 Å². The highest BCUT2D eigenvalue weighted by atomic mass is 16.2. The van der Waals surface area contributed by atoms with Crippen molar-refractivity contribution in [1.29, 1.82) is 0 Å². The van der Waals surface area contributed by atoms with Crippen molar-refractivity contribution in [2.24, 2.45) is 17.6 Å². The molecule has 2 aromatic rings. The number of amides is 2. The molecule has 1 aromatic heterocycles. The number of likely N-dealkylation sites (tertiary alicyclic amines) is 1. The maximum atomic E-state index is 13.0. The largest absolute Gasteiger partial charge is 0.369 e. The number of piperidine rings is 1. The summed E-state index contributed by atoms with van der Waals surface area (Å²) in [6.07, 6.45) is 3.55. The Balaban J connectivity index is 1.93. The molecule has 1 aromatic carbocycles. The second-order valence-corrected chi connectivity index (χ2v) is 7.10. The standard InChI is InChI=1S/C19H25N3O2/c1-13(2)10-22-12-16(15-7-3-4-8-17(15)22)19(24)21-9-5-6-14(11-21)18(20)23/h3-4,7-8,12-14H,5-6,9-11H2,1-2H3,(H2,20,23). The number of benzene rings is 1. The van der Waals surface area contributed by atoms with E-state index in [1.54, 1.807) is 4.90 Å². The minimum absolute atomic E-state index is 0.000318. The van der Waals surface area contributed by atoms with Crippen LogP contribution in [-0.2, 0) is 11.3 Å². The molecule has 1 atom stereocenters. The molecule has 0 radical (unpaired) electrons. The fourth-order valence-corrected chi connectivity index (χ4v) is 3.53. The smallest absolute Gasteiger partial charge is 0.256 e. The van der Waals surface area contributed by atoms with Crippen molar-refractivity contribution in [2.45, 2.75) is 33.2 Å². The van der Waals surface area contributed by atoms with E-state index in [2.05, 4.69) is 24.5 Å². The molecule has 24 heavy (non-hydrogen) atoms. The number of nitrogens with zero attached hydrogens (tertiary/aromatic N) is 2. The molecule has 2 N–H and O–H groups in total. The number of rotatable bonds is 4. The van der Waals surface area contributed by atoms with Gasteiger partial charge < -0.3 is 15.2 Å². The zero-order valence-electron chi connectivity index (χ0n) is 14.4. The SMILES string of the molecule is CC(C)Cn1cc(C(=O)N2CCCC(C(N)=O)C2)c2ccccc21. The van der Waals surface area contributed by atoms with E-state index in [1.165, 1.54) is 0 Å². The van der Waals surface area contributed by atoms with Crippen LogP contribution in [0.4, 0.5) is 0 Å². The summed E-state index contributed by atoms with van der Waals surface area (Å²) in [6, 6.07) is 8.00. The van der Waals surface area contributed by atoms with Gasteiger partial charge in [-0.25, -0.2) is 0 Å². The third kappa shape index (κ3) is 3.16. The lowest BCUT2D eigenvalue weighted by Crippen LogP contribution is -2.44. The molecule has 1 unspecified atom stereocenters. The predicted octanol–water partition coefficient (Wildman–Crippen LogP) is 2.63. The number of hydrogen-bond acceptors (Lipinski definition) is 2. The average Bonchev–Trinajstić information content (AvgIpc) is 2.92. The van der Waals surface area contributed by atoms with Gasteiger partial charge in [-0.15, -0.1) is 0 Å². The lowest BCUT2D eigenvalue weighted by Gasteiger charge is -2.31. The molecule has 0 bridgehead atoms. The highest BCUT2D eigenvalue weighted by Gasteiger charge is 2.29. The Morgan fingerprint density at radius 2 is 2.04 bits per heavy atom. The topological polar surface area (TPSA) is 68.3 Å². The third-order valence-electron chi connectivity index (χ3n) is 4.69. The quantitative estimate of drug-likeness (QED) is 0.938. The van der Waals surface area contributed by atoms with Crippen LogP contribution in [-0.4, -0.2) is 34.4 Å². The molecule has 1 saturated heterocycles. The molecule has 5 heteroatoms. The number of para-hydroxylation sites is 1. The molecule has 128 valence electrons. The van der Waals surface area contributed by atoms with Gasteiger partial charge in [0.15, 0.2) is 0 Å². The van der Waals surface area contributed by atoms with Gasteiger partial charge in [-0.1, -0.05) is 32.0 Å². The Hall–Kier alpha value is -2.30. The van der Waals surface area contributed by atoms with Crippen molar-refractivity contribution >= 4 is 22.7 Å². The van der Waals surface area contributed by atoms with E-state index in [1.807, 2.05) is 24.4 Å². The molecule has 0 spiro atoms. The van der Waals surface area contributed by atoms with Crippen molar-refractivity contribution in [3.05, 3.63) is 36.0 Å². The molecule has 1 aliphatic rings. The predicted molar refractivity (Wildman–Crippen MR) is 94.6 cm³/mol. The van der Waals surface area contributed by atoms with Gasteiger partial charge in [0.1, 0.15) is 0 Å². The number of aromatic nitrogens is 1. The molecular weight excluding hydrogens is 302 g/mol. The van der Waals surface area contributed by atoms with Gasteiger partial charge in [0.05, 0.1) is 11.5 Å². The summed E-state index contributed by atoms with van der Waals surface area (Å²) >= 11 is 0. The fraction of sp³-hybridized carbons (Fsp3) is 0.474. The van der Waals surface area contributed by atoms with E-state index in [0.29, 0.717) is 19.0 Å². The third-order valence-corrected chi connectivity index (χ3v) is 4.69. The van der Waals surface area contributed by atoms with Crippen LogP contribution in [0, 0.1) is 11.8 Å². The summed E-state index contributed by atoms with van der Waals surface area (Å²) in [4.78, 5) is 26.3. The lowest BCUT2D eigenvalue weighted by molar-refractivity contribution is -0.123. The first-order valence-electron chi connectivity index (χ1n) is 8.64. The molecular formula is C19H25N3O2. The first kappa shape index (κ1) is 16.6. The fourth-order valence-electron chi connectivity index (χ4n) is 3.53. The van der Waals surface area contributed by atoms with Gasteiger partial charge in [-0.05, 0) is 24.8 Å². The van der Waals surface area contributed by atoms with Crippen LogP contribution in [0.3, 0.4) is 0 Å². The van der Waals surface area contributed by atoms with Crippen molar-refractivity contribution < 1.29 is 9.59 Å². The van der Waals surface area contributed by atoms with Gasteiger partial charge in [-0.3, -0.25) is 9.59 Å². The van der Waals surface area contributed by atoms with E-state index in [9.17, 15) is 9.59 Å². The molecule has 0 saturated carbocycles. The Bertz CT molecular complexity index is 763. The second-order valence-electron chi connectivity index (χ2n) is 7.10. The first-order valence-corrected chi connectivity index (χ1v) is 8.64. The lowest BCUT2D eigenvalue weighted by atomic mass is 9.97. The monoisotopic (exact) mass is 327 g/mol. The van der Waals surface area contributed by atoms with Crippen LogP contribution >= 0.6 is 0 Å². The number of hydrogen-bond donors (Lipinski definition) is 1. The van der Waals surface area contributed by atoms with E-state index in [-0.39, 0.29) is 17.7 Å². The van der Waals surface area contributed by atoms with Gasteiger partial charge in [-0.2, -0.15) is 0 Å². The van der Waals surface area contributed by atoms with Crippen LogP contribution < -0.4 is 5.73 Å². The first-order chi connectivity index (χ1) is 11.5. The van der Waals surface area contributed by atoms with Crippen LogP contribution in [0.2, 0.25) is 0 Å². The van der Waals surface area contributed by atoms with Gasteiger partial charge in [0.2, 0.25) is 5.91 Å². The summed E-state index contributed by atoms with van der Waals surface area (Å²) in [5, 5.41) is 0.976. The van der Waals surface area contributed by atoms with E-state index >= 15 is 0 Å². The number of nitrogens with two attached hydrogens (primary N) is 1. The maximum absolute atomic E-state index is 13.0. The Kier molecular flexibility index (Phi) is 4.60. The molecule has 2 heterocycles. The van der Waals surface area contributed by atoms with E-state index in [4.69, 9.17) is 5.73 Å². The highest BCUT2D eigenvalue weighted by Crippen LogP contribution is 2.26. The van der Waals surface area contributed by atoms with Crippen LogP contribution in [0.25, 0.3) is 10.9 Å². The van der Waals surface area contributed by atoms with Gasteiger partial charge in [0.25, 0.3) is 5.91 Å². The summed E-state index contributed by atoms with van der Waals surface area (Å²) < 4.78 is 2.16. The number of carbonyl (C=O) groups is 2. The summed E-state index contributed by atoms with van der Waals surface area (Å²) in [7, 11) is 0. The Morgan fingerprint density at radius 3 is 2.75 bits per heavy atom. The van der Waals surface area contributed by atoms with Crippen molar-refractivity contribution in [3.63, 3.8) is 0 Å². The molecule has 0 aliphatic carbocycles. The normalized spacial score (nSPS) is 18.3. The van der Waals surface area contributed by atoms with Gasteiger partial charge in [0, 0.05) is 36.7 Å². The summed E-state index contributed by atoms with van der Waals surface area (Å²) in [5.74, 6) is -0.0425. The molecule has 5 nitrogen and oxygen atoms in total. The highest BCUT2D eigenvalue weighted by molar-refractivity contribution is 6.07. The van der Waals surface area contributed by atoms with Crippen LogP contribution in [0.1, 0.15) is 37.0 Å².